The highest BCUT2D eigenvalue weighted by atomic mass is 35.5. The first-order chi connectivity index (χ1) is 8.99. The summed E-state index contributed by atoms with van der Waals surface area (Å²) < 4.78 is 40.7. The van der Waals surface area contributed by atoms with Crippen molar-refractivity contribution >= 4 is 17.3 Å². The Kier molecular flexibility index (Phi) is 4.00. The van der Waals surface area contributed by atoms with Crippen LogP contribution in [0.3, 0.4) is 0 Å². The van der Waals surface area contributed by atoms with Gasteiger partial charge in [-0.05, 0) is 30.7 Å². The van der Waals surface area contributed by atoms with E-state index in [2.05, 4.69) is 5.32 Å². The third kappa shape index (κ3) is 3.01. The largest absolute Gasteiger partial charge is 0.376 e. The molecule has 1 nitrogen and oxygen atoms in total. The first kappa shape index (κ1) is 13.7. The van der Waals surface area contributed by atoms with Crippen LogP contribution in [-0.4, -0.2) is 0 Å². The molecule has 2 aromatic rings. The van der Waals surface area contributed by atoms with Gasteiger partial charge in [-0.2, -0.15) is 0 Å². The molecule has 0 heterocycles. The molecule has 0 fully saturated rings. The Morgan fingerprint density at radius 2 is 1.79 bits per heavy atom. The molecule has 0 saturated heterocycles. The Hall–Kier alpha value is -1.68. The lowest BCUT2D eigenvalue weighted by Crippen LogP contribution is -2.06. The monoisotopic (exact) mass is 285 g/mol. The number of nitrogens with one attached hydrogen (secondary N) is 1. The lowest BCUT2D eigenvalue weighted by atomic mass is 10.1. The Balaban J connectivity index is 2.21. The van der Waals surface area contributed by atoms with Crippen LogP contribution >= 0.6 is 11.6 Å². The second-order valence-corrected chi connectivity index (χ2v) is 4.58. The summed E-state index contributed by atoms with van der Waals surface area (Å²) in [6.45, 7) is 1.50. The highest BCUT2D eigenvalue weighted by Crippen LogP contribution is 2.23. The average Bonchev–Trinajstić information content (AvgIpc) is 2.36. The zero-order chi connectivity index (χ0) is 14.0. The van der Waals surface area contributed by atoms with Gasteiger partial charge in [0.25, 0.3) is 0 Å². The number of halogens is 4. The summed E-state index contributed by atoms with van der Waals surface area (Å²) in [5, 5.41) is 2.84. The summed E-state index contributed by atoms with van der Waals surface area (Å²) >= 11 is 5.62. The van der Waals surface area contributed by atoms with Gasteiger partial charge in [0.2, 0.25) is 0 Å². The summed E-state index contributed by atoms with van der Waals surface area (Å²) in [6, 6.07) is 6.65. The van der Waals surface area contributed by atoms with Gasteiger partial charge in [0.15, 0.2) is 5.82 Å². The lowest BCUT2D eigenvalue weighted by Gasteiger charge is -2.11. The third-order valence-corrected chi connectivity index (χ3v) is 2.99. The minimum atomic E-state index is -0.711. The normalized spacial score (nSPS) is 10.6. The highest BCUT2D eigenvalue weighted by molar-refractivity contribution is 6.30. The van der Waals surface area contributed by atoms with E-state index < -0.39 is 17.5 Å². The molecule has 2 rings (SSSR count). The van der Waals surface area contributed by atoms with E-state index in [-0.39, 0.29) is 22.8 Å². The van der Waals surface area contributed by atoms with E-state index in [1.807, 2.05) is 0 Å². The van der Waals surface area contributed by atoms with Crippen molar-refractivity contribution in [1.29, 1.82) is 0 Å². The summed E-state index contributed by atoms with van der Waals surface area (Å²) in [6.07, 6.45) is 0. The lowest BCUT2D eigenvalue weighted by molar-refractivity contribution is 0.580. The first-order valence-electron chi connectivity index (χ1n) is 5.61. The first-order valence-corrected chi connectivity index (χ1v) is 5.99. The molecular formula is C14H11ClF3N. The maximum atomic E-state index is 13.7. The molecule has 0 radical (unpaired) electrons. The average molecular weight is 286 g/mol. The predicted octanol–water partition coefficient (Wildman–Crippen LogP) is 4.68. The molecule has 19 heavy (non-hydrogen) atoms. The Morgan fingerprint density at radius 3 is 2.47 bits per heavy atom. The number of benzene rings is 2. The number of hydrogen-bond acceptors (Lipinski definition) is 1. The van der Waals surface area contributed by atoms with Gasteiger partial charge in [-0.1, -0.05) is 23.7 Å². The van der Waals surface area contributed by atoms with Crippen molar-refractivity contribution in [1.82, 2.24) is 0 Å². The number of rotatable bonds is 3. The van der Waals surface area contributed by atoms with Crippen molar-refractivity contribution in [3.63, 3.8) is 0 Å². The van der Waals surface area contributed by atoms with E-state index in [0.29, 0.717) is 5.56 Å². The van der Waals surface area contributed by atoms with Crippen LogP contribution in [-0.2, 0) is 6.54 Å². The Labute approximate surface area is 114 Å². The topological polar surface area (TPSA) is 12.0 Å². The summed E-state index contributed by atoms with van der Waals surface area (Å²) in [7, 11) is 0. The second-order valence-electron chi connectivity index (χ2n) is 4.14. The van der Waals surface area contributed by atoms with Crippen molar-refractivity contribution in [3.05, 3.63) is 63.9 Å². The molecule has 0 spiro atoms. The minimum Gasteiger partial charge on any atom is -0.376 e. The fourth-order valence-electron chi connectivity index (χ4n) is 1.67. The van der Waals surface area contributed by atoms with E-state index in [1.54, 1.807) is 0 Å². The Morgan fingerprint density at radius 1 is 1.05 bits per heavy atom. The Bertz CT molecular complexity index is 614. The van der Waals surface area contributed by atoms with Crippen LogP contribution in [0.15, 0.2) is 30.3 Å². The van der Waals surface area contributed by atoms with Crippen LogP contribution in [0.25, 0.3) is 0 Å². The van der Waals surface area contributed by atoms with Crippen molar-refractivity contribution in [2.75, 3.05) is 5.32 Å². The van der Waals surface area contributed by atoms with Gasteiger partial charge in [0.05, 0.1) is 0 Å². The van der Waals surface area contributed by atoms with E-state index in [0.717, 1.165) is 6.07 Å². The van der Waals surface area contributed by atoms with E-state index >= 15 is 0 Å². The predicted molar refractivity (Wildman–Crippen MR) is 69.8 cm³/mol. The standard InChI is InChI=1S/C14H11ClF3N/c1-8-2-5-11(16)14(13(8)18)19-7-9-3-4-10(15)6-12(9)17/h2-6,19H,7H2,1H3. The van der Waals surface area contributed by atoms with Gasteiger partial charge in [0, 0.05) is 17.1 Å². The molecule has 0 atom stereocenters. The molecule has 0 aliphatic heterocycles. The fourth-order valence-corrected chi connectivity index (χ4v) is 1.83. The van der Waals surface area contributed by atoms with Crippen molar-refractivity contribution in [2.45, 2.75) is 13.5 Å². The molecule has 2 aromatic carbocycles. The van der Waals surface area contributed by atoms with Crippen molar-refractivity contribution in [3.8, 4) is 0 Å². The molecule has 0 bridgehead atoms. The van der Waals surface area contributed by atoms with Gasteiger partial charge in [-0.25, -0.2) is 13.2 Å². The molecule has 0 saturated carbocycles. The van der Waals surface area contributed by atoms with E-state index in [9.17, 15) is 13.2 Å². The van der Waals surface area contributed by atoms with Crippen LogP contribution in [0.5, 0.6) is 0 Å². The zero-order valence-corrected chi connectivity index (χ0v) is 10.9. The van der Waals surface area contributed by atoms with Gasteiger partial charge >= 0.3 is 0 Å². The maximum absolute atomic E-state index is 13.7. The molecule has 100 valence electrons. The smallest absolute Gasteiger partial charge is 0.152 e. The van der Waals surface area contributed by atoms with E-state index in [1.165, 1.54) is 31.2 Å². The number of anilines is 1. The van der Waals surface area contributed by atoms with Crippen LogP contribution in [0, 0.1) is 24.4 Å². The quantitative estimate of drug-likeness (QED) is 0.863. The van der Waals surface area contributed by atoms with Gasteiger partial charge in [-0.15, -0.1) is 0 Å². The molecular weight excluding hydrogens is 275 g/mol. The van der Waals surface area contributed by atoms with Crippen molar-refractivity contribution < 1.29 is 13.2 Å². The SMILES string of the molecule is Cc1ccc(F)c(NCc2ccc(Cl)cc2F)c1F. The van der Waals surface area contributed by atoms with Crippen LogP contribution in [0.1, 0.15) is 11.1 Å². The maximum Gasteiger partial charge on any atom is 0.152 e. The van der Waals surface area contributed by atoms with Gasteiger partial charge in [0.1, 0.15) is 17.3 Å². The molecule has 5 heteroatoms. The molecule has 0 aliphatic carbocycles. The second kappa shape index (κ2) is 5.53. The number of hydrogen-bond donors (Lipinski definition) is 1. The van der Waals surface area contributed by atoms with Crippen LogP contribution in [0.4, 0.5) is 18.9 Å². The molecule has 0 aliphatic rings. The summed E-state index contributed by atoms with van der Waals surface area (Å²) in [4.78, 5) is 0. The highest BCUT2D eigenvalue weighted by Gasteiger charge is 2.12. The van der Waals surface area contributed by atoms with Gasteiger partial charge < -0.3 is 5.32 Å². The van der Waals surface area contributed by atoms with Crippen LogP contribution < -0.4 is 5.32 Å². The molecule has 1 N–H and O–H groups in total. The van der Waals surface area contributed by atoms with Crippen LogP contribution in [0.2, 0.25) is 5.02 Å². The zero-order valence-electron chi connectivity index (χ0n) is 10.1. The molecule has 0 unspecified atom stereocenters. The summed E-state index contributed by atoms with van der Waals surface area (Å²) in [5.41, 5.74) is 0.347. The van der Waals surface area contributed by atoms with E-state index in [4.69, 9.17) is 11.6 Å². The molecule has 0 aromatic heterocycles. The summed E-state index contributed by atoms with van der Waals surface area (Å²) in [5.74, 6) is -1.90. The fraction of sp³-hybridized carbons (Fsp3) is 0.143. The van der Waals surface area contributed by atoms with Crippen molar-refractivity contribution in [2.24, 2.45) is 0 Å². The number of aryl methyl sites for hydroxylation is 1. The minimum absolute atomic E-state index is 0.0275. The molecule has 0 amide bonds. The van der Waals surface area contributed by atoms with Gasteiger partial charge in [-0.3, -0.25) is 0 Å². The third-order valence-electron chi connectivity index (χ3n) is 2.75.